The van der Waals surface area contributed by atoms with Gasteiger partial charge in [-0.25, -0.2) is 4.39 Å². The largest absolute Gasteiger partial charge is 0.388 e. The highest BCUT2D eigenvalue weighted by molar-refractivity contribution is 6.17. The molecule has 1 aromatic heterocycles. The molecule has 3 aromatic rings. The summed E-state index contributed by atoms with van der Waals surface area (Å²) in [4.78, 5) is 30.5. The van der Waals surface area contributed by atoms with Crippen LogP contribution in [0.2, 0.25) is 0 Å². The van der Waals surface area contributed by atoms with Gasteiger partial charge in [0.1, 0.15) is 5.82 Å². The van der Waals surface area contributed by atoms with E-state index < -0.39 is 35.1 Å². The number of carbonyl (C=O) groups excluding carboxylic acids is 2. The lowest BCUT2D eigenvalue weighted by atomic mass is 9.77. The Labute approximate surface area is 248 Å². The van der Waals surface area contributed by atoms with Crippen molar-refractivity contribution in [2.24, 2.45) is 0 Å². The monoisotopic (exact) mass is 587 g/mol. The SMILES string of the molecule is CC1(O)CN(Cc2ccc(/C(=C/NC3CC3)C(=N)F)cc2)CCC1c1ccc2ncc(C3CCC(=O)NC3=O)cc2c1F. The fourth-order valence-electron chi connectivity index (χ4n) is 6.33. The van der Waals surface area contributed by atoms with E-state index in [2.05, 4.69) is 20.5 Å². The summed E-state index contributed by atoms with van der Waals surface area (Å²) in [6, 6.07) is 12.8. The van der Waals surface area contributed by atoms with Gasteiger partial charge < -0.3 is 10.4 Å². The van der Waals surface area contributed by atoms with E-state index in [1.807, 2.05) is 12.1 Å². The molecule has 10 heteroatoms. The minimum Gasteiger partial charge on any atom is -0.388 e. The fraction of sp³-hybridized carbons (Fsp3) is 0.394. The van der Waals surface area contributed by atoms with Crippen LogP contribution in [0.4, 0.5) is 8.78 Å². The van der Waals surface area contributed by atoms with Gasteiger partial charge in [0.15, 0.2) is 0 Å². The second-order valence-electron chi connectivity index (χ2n) is 12.2. The van der Waals surface area contributed by atoms with Crippen LogP contribution in [0, 0.1) is 11.2 Å². The van der Waals surface area contributed by atoms with Crippen LogP contribution in [0.15, 0.2) is 54.9 Å². The number of likely N-dealkylation sites (tertiary alicyclic amines) is 1. The number of piperidine rings is 2. The molecule has 2 aliphatic heterocycles. The third-order valence-electron chi connectivity index (χ3n) is 8.84. The second-order valence-corrected chi connectivity index (χ2v) is 12.2. The number of allylic oxidation sites excluding steroid dienone is 1. The van der Waals surface area contributed by atoms with Crippen molar-refractivity contribution in [3.8, 4) is 0 Å². The fourth-order valence-corrected chi connectivity index (χ4v) is 6.33. The number of hydrogen-bond acceptors (Lipinski definition) is 7. The molecule has 0 radical (unpaired) electrons. The predicted octanol–water partition coefficient (Wildman–Crippen LogP) is 4.67. The number of β-amino-alcohol motifs (C(OH)–C–C–N with tert-alkyl or cyclic N) is 1. The summed E-state index contributed by atoms with van der Waals surface area (Å²) in [7, 11) is 0. The molecule has 1 aliphatic carbocycles. The van der Waals surface area contributed by atoms with Crippen molar-refractivity contribution >= 4 is 34.3 Å². The van der Waals surface area contributed by atoms with Crippen LogP contribution in [0.25, 0.3) is 16.5 Å². The Balaban J connectivity index is 1.16. The van der Waals surface area contributed by atoms with Gasteiger partial charge in [-0.15, -0.1) is 0 Å². The number of hydrogen-bond donors (Lipinski definition) is 4. The normalized spacial score (nSPS) is 25.1. The van der Waals surface area contributed by atoms with Crippen LogP contribution in [0.3, 0.4) is 0 Å². The van der Waals surface area contributed by atoms with E-state index in [-0.39, 0.29) is 17.9 Å². The molecule has 3 heterocycles. The Morgan fingerprint density at radius 1 is 1.19 bits per heavy atom. The van der Waals surface area contributed by atoms with E-state index in [4.69, 9.17) is 5.41 Å². The number of carbonyl (C=O) groups is 2. The average molecular weight is 588 g/mol. The first-order valence-corrected chi connectivity index (χ1v) is 14.8. The van der Waals surface area contributed by atoms with Crippen LogP contribution in [0.1, 0.15) is 73.1 Å². The van der Waals surface area contributed by atoms with E-state index in [0.717, 1.165) is 18.4 Å². The topological polar surface area (TPSA) is 118 Å². The Kier molecular flexibility index (Phi) is 7.83. The summed E-state index contributed by atoms with van der Waals surface area (Å²) in [5, 5.41) is 24.8. The maximum absolute atomic E-state index is 16.0. The van der Waals surface area contributed by atoms with Gasteiger partial charge in [0.25, 0.3) is 0 Å². The summed E-state index contributed by atoms with van der Waals surface area (Å²) in [5.74, 6) is -3.16. The summed E-state index contributed by atoms with van der Waals surface area (Å²) in [6.07, 6.45) is 6.36. The molecule has 3 aliphatic rings. The molecule has 0 bridgehead atoms. The molecule has 3 unspecified atom stereocenters. The molecule has 1 saturated carbocycles. The van der Waals surface area contributed by atoms with E-state index in [9.17, 15) is 19.1 Å². The molecule has 2 saturated heterocycles. The van der Waals surface area contributed by atoms with Crippen LogP contribution in [-0.4, -0.2) is 57.5 Å². The Morgan fingerprint density at radius 3 is 2.63 bits per heavy atom. The molecule has 8 nitrogen and oxygen atoms in total. The zero-order valence-corrected chi connectivity index (χ0v) is 24.0. The second kappa shape index (κ2) is 11.6. The first kappa shape index (κ1) is 29.1. The first-order valence-electron chi connectivity index (χ1n) is 14.8. The molecule has 224 valence electrons. The van der Waals surface area contributed by atoms with Crippen molar-refractivity contribution in [3.63, 3.8) is 0 Å². The highest BCUT2D eigenvalue weighted by Crippen LogP contribution is 2.40. The molecule has 3 atom stereocenters. The Bertz CT molecular complexity index is 1620. The molecule has 2 aromatic carbocycles. The maximum atomic E-state index is 16.0. The summed E-state index contributed by atoms with van der Waals surface area (Å²) in [6.45, 7) is 3.26. The van der Waals surface area contributed by atoms with Gasteiger partial charge in [-0.2, -0.15) is 4.39 Å². The number of amides is 2. The van der Waals surface area contributed by atoms with Crippen molar-refractivity contribution in [2.45, 2.75) is 69.1 Å². The van der Waals surface area contributed by atoms with Crippen LogP contribution in [0.5, 0.6) is 0 Å². The number of halogens is 2. The van der Waals surface area contributed by atoms with E-state index in [1.54, 1.807) is 49.7 Å². The molecule has 6 rings (SSSR count). The van der Waals surface area contributed by atoms with Crippen molar-refractivity contribution in [1.29, 1.82) is 5.41 Å². The zero-order valence-electron chi connectivity index (χ0n) is 24.0. The highest BCUT2D eigenvalue weighted by atomic mass is 19.1. The van der Waals surface area contributed by atoms with E-state index in [1.165, 1.54) is 0 Å². The first-order chi connectivity index (χ1) is 20.6. The third kappa shape index (κ3) is 6.21. The van der Waals surface area contributed by atoms with Gasteiger partial charge in [-0.1, -0.05) is 30.3 Å². The van der Waals surface area contributed by atoms with Crippen molar-refractivity contribution < 1.29 is 23.5 Å². The number of nitrogens with one attached hydrogen (secondary N) is 3. The van der Waals surface area contributed by atoms with Gasteiger partial charge in [0.2, 0.25) is 17.8 Å². The van der Waals surface area contributed by atoms with Crippen molar-refractivity contribution in [2.75, 3.05) is 13.1 Å². The Hall–Kier alpha value is -4.02. The number of benzene rings is 2. The minimum absolute atomic E-state index is 0.221. The number of imide groups is 1. The minimum atomic E-state index is -1.21. The molecule has 43 heavy (non-hydrogen) atoms. The number of rotatable bonds is 8. The summed E-state index contributed by atoms with van der Waals surface area (Å²) in [5.41, 5.74) is 2.05. The lowest BCUT2D eigenvalue weighted by Gasteiger charge is -2.43. The molecular weight excluding hydrogens is 552 g/mol. The van der Waals surface area contributed by atoms with Gasteiger partial charge >= 0.3 is 0 Å². The van der Waals surface area contributed by atoms with Gasteiger partial charge in [0, 0.05) is 49.3 Å². The predicted molar refractivity (Wildman–Crippen MR) is 159 cm³/mol. The molecule has 2 amide bonds. The number of fused-ring (bicyclic) bond motifs is 1. The van der Waals surface area contributed by atoms with Crippen LogP contribution in [-0.2, 0) is 16.1 Å². The number of nitrogens with zero attached hydrogens (tertiary/aromatic N) is 2. The maximum Gasteiger partial charge on any atom is 0.234 e. The van der Waals surface area contributed by atoms with Crippen molar-refractivity contribution in [3.05, 3.63) is 82.9 Å². The van der Waals surface area contributed by atoms with Crippen LogP contribution < -0.4 is 10.6 Å². The molecule has 3 fully saturated rings. The summed E-state index contributed by atoms with van der Waals surface area (Å²) < 4.78 is 29.9. The number of aliphatic hydroxyl groups is 1. The smallest absolute Gasteiger partial charge is 0.234 e. The molecular formula is C33H35F2N5O3. The van der Waals surface area contributed by atoms with Gasteiger partial charge in [-0.05, 0) is 73.5 Å². The lowest BCUT2D eigenvalue weighted by Crippen LogP contribution is -2.50. The van der Waals surface area contributed by atoms with Gasteiger partial charge in [0.05, 0.1) is 22.6 Å². The third-order valence-corrected chi connectivity index (χ3v) is 8.84. The zero-order chi connectivity index (χ0) is 30.3. The standard InChI is InChI=1S/C33H35F2N5O3/c1-33(43)18-40(17-19-2-4-20(5-3-19)26(31(35)36)16-37-22-6-7-22)13-12-27(33)24-8-10-28-25(30(24)34)14-21(15-38-28)23-9-11-29(41)39-32(23)42/h2-5,8,10,14-16,22-23,27,36-37,43H,6-7,9,11-13,17-18H2,1H3,(H,39,41,42)/b26-16-,36-31?. The number of pyridine rings is 1. The molecule has 4 N–H and O–H groups in total. The molecule has 0 spiro atoms. The van der Waals surface area contributed by atoms with Gasteiger partial charge in [-0.3, -0.25) is 30.2 Å². The van der Waals surface area contributed by atoms with E-state index in [0.29, 0.717) is 66.1 Å². The highest BCUT2D eigenvalue weighted by Gasteiger charge is 2.40. The quantitative estimate of drug-likeness (QED) is 0.225. The summed E-state index contributed by atoms with van der Waals surface area (Å²) >= 11 is 0. The van der Waals surface area contributed by atoms with E-state index >= 15 is 4.39 Å². The average Bonchev–Trinajstić information content (AvgIpc) is 3.79. The lowest BCUT2D eigenvalue weighted by molar-refractivity contribution is -0.134. The Morgan fingerprint density at radius 2 is 1.95 bits per heavy atom. The van der Waals surface area contributed by atoms with Crippen molar-refractivity contribution in [1.82, 2.24) is 20.5 Å². The number of aromatic nitrogens is 1. The van der Waals surface area contributed by atoms with Crippen LogP contribution >= 0.6 is 0 Å².